The van der Waals surface area contributed by atoms with Crippen LogP contribution in [0.1, 0.15) is 0 Å². The molecule has 4 heterocycles. The number of hydrogen-bond donors (Lipinski definition) is 0. The lowest BCUT2D eigenvalue weighted by molar-refractivity contribution is 0.669. The molecule has 0 aliphatic heterocycles. The van der Waals surface area contributed by atoms with Crippen molar-refractivity contribution in [2.75, 3.05) is 0 Å². The van der Waals surface area contributed by atoms with Crippen LogP contribution in [0.25, 0.3) is 106 Å². The molecule has 11 rings (SSSR count). The van der Waals surface area contributed by atoms with Gasteiger partial charge in [-0.25, -0.2) is 15.0 Å². The van der Waals surface area contributed by atoms with Gasteiger partial charge in [0.05, 0.1) is 16.7 Å². The van der Waals surface area contributed by atoms with E-state index in [2.05, 4.69) is 83.4 Å². The van der Waals surface area contributed by atoms with Gasteiger partial charge in [-0.1, -0.05) is 115 Å². The Hall–Kier alpha value is -7.05. The molecule has 0 saturated carbocycles. The van der Waals surface area contributed by atoms with Gasteiger partial charge in [-0.2, -0.15) is 0 Å². The molecule has 0 aliphatic rings. The highest BCUT2D eigenvalue weighted by Crippen LogP contribution is 2.42. The lowest BCUT2D eigenvalue weighted by Crippen LogP contribution is -2.03. The summed E-state index contributed by atoms with van der Waals surface area (Å²) in [5.41, 5.74) is 9.01. The maximum Gasteiger partial charge on any atom is 0.166 e. The number of furan rings is 2. The quantitative estimate of drug-likeness (QED) is 0.189. The summed E-state index contributed by atoms with van der Waals surface area (Å²) in [4.78, 5) is 15.5. The van der Waals surface area contributed by atoms with E-state index in [1.54, 1.807) is 0 Å². The number of aromatic nitrogens is 4. The smallest absolute Gasteiger partial charge is 0.166 e. The highest BCUT2D eigenvalue weighted by molar-refractivity contribution is 6.21. The molecule has 0 N–H and O–H groups in total. The average molecular weight is 655 g/mol. The van der Waals surface area contributed by atoms with Crippen molar-refractivity contribution >= 4 is 65.7 Å². The van der Waals surface area contributed by atoms with Crippen molar-refractivity contribution in [2.45, 2.75) is 0 Å². The van der Waals surface area contributed by atoms with Crippen LogP contribution in [0.5, 0.6) is 0 Å². The third-order valence-electron chi connectivity index (χ3n) is 9.88. The highest BCUT2D eigenvalue weighted by atomic mass is 16.3. The van der Waals surface area contributed by atoms with Gasteiger partial charge < -0.3 is 13.4 Å². The van der Waals surface area contributed by atoms with Crippen LogP contribution in [0.3, 0.4) is 0 Å². The van der Waals surface area contributed by atoms with Crippen LogP contribution in [0.4, 0.5) is 0 Å². The first-order chi connectivity index (χ1) is 25.3. The maximum atomic E-state index is 6.65. The standard InChI is InChI=1S/C45H26N4O2/c1-2-13-27(14-3-1)43-46-44(48-45(47-43)34-19-12-24-39-40(34)33-18-7-11-23-38(33)50-39)32-17-5-9-21-36(32)49-35-20-8-4-15-28(35)30-25-26-31-29-16-6-10-22-37(29)51-42(31)41(30)49/h1-26H. The van der Waals surface area contributed by atoms with Gasteiger partial charge in [0.25, 0.3) is 0 Å². The second-order valence-electron chi connectivity index (χ2n) is 12.8. The Balaban J connectivity index is 1.23. The SMILES string of the molecule is c1ccc(-c2nc(-c3ccccc3-n3c4ccccc4c4ccc5c6ccccc6oc5c43)nc(-c3cccc4oc5ccccc5c34)n2)cc1. The topological polar surface area (TPSA) is 69.9 Å². The summed E-state index contributed by atoms with van der Waals surface area (Å²) in [6.07, 6.45) is 0. The maximum absolute atomic E-state index is 6.65. The van der Waals surface area contributed by atoms with E-state index in [0.717, 1.165) is 88.1 Å². The minimum absolute atomic E-state index is 0.571. The van der Waals surface area contributed by atoms with E-state index in [1.807, 2.05) is 78.9 Å². The Morgan fingerprint density at radius 3 is 1.86 bits per heavy atom. The van der Waals surface area contributed by atoms with E-state index in [9.17, 15) is 0 Å². The molecule has 7 aromatic carbocycles. The van der Waals surface area contributed by atoms with Crippen molar-refractivity contribution in [1.82, 2.24) is 19.5 Å². The average Bonchev–Trinajstić information content (AvgIpc) is 3.88. The van der Waals surface area contributed by atoms with Crippen LogP contribution in [0.2, 0.25) is 0 Å². The zero-order valence-electron chi connectivity index (χ0n) is 27.1. The van der Waals surface area contributed by atoms with Gasteiger partial charge in [0, 0.05) is 49.0 Å². The van der Waals surface area contributed by atoms with Gasteiger partial charge in [0.1, 0.15) is 16.7 Å². The first-order valence-electron chi connectivity index (χ1n) is 17.0. The number of para-hydroxylation sites is 4. The molecule has 6 heteroatoms. The van der Waals surface area contributed by atoms with Gasteiger partial charge in [0.15, 0.2) is 23.1 Å². The first kappa shape index (κ1) is 27.9. The van der Waals surface area contributed by atoms with Gasteiger partial charge in [0.2, 0.25) is 0 Å². The second kappa shape index (κ2) is 10.7. The predicted molar refractivity (Wildman–Crippen MR) is 205 cm³/mol. The molecule has 0 aliphatic carbocycles. The van der Waals surface area contributed by atoms with Gasteiger partial charge in [-0.05, 0) is 42.5 Å². The summed E-state index contributed by atoms with van der Waals surface area (Å²) in [6, 6.07) is 53.7. The van der Waals surface area contributed by atoms with Crippen molar-refractivity contribution in [3.05, 3.63) is 158 Å². The van der Waals surface area contributed by atoms with E-state index in [1.165, 1.54) is 0 Å². The molecular formula is C45H26N4O2. The van der Waals surface area contributed by atoms with Crippen molar-refractivity contribution in [1.29, 1.82) is 0 Å². The molecule has 6 nitrogen and oxygen atoms in total. The van der Waals surface area contributed by atoms with E-state index in [0.29, 0.717) is 17.5 Å². The van der Waals surface area contributed by atoms with Crippen LogP contribution < -0.4 is 0 Å². The fraction of sp³-hybridized carbons (Fsp3) is 0. The van der Waals surface area contributed by atoms with E-state index in [-0.39, 0.29) is 0 Å². The molecule has 0 saturated heterocycles. The first-order valence-corrected chi connectivity index (χ1v) is 17.0. The van der Waals surface area contributed by atoms with E-state index < -0.39 is 0 Å². The molecule has 0 atom stereocenters. The molecular weight excluding hydrogens is 629 g/mol. The van der Waals surface area contributed by atoms with Crippen LogP contribution >= 0.6 is 0 Å². The Bertz CT molecular complexity index is 3150. The molecule has 238 valence electrons. The fourth-order valence-corrected chi connectivity index (χ4v) is 7.63. The lowest BCUT2D eigenvalue weighted by atomic mass is 10.1. The van der Waals surface area contributed by atoms with Gasteiger partial charge in [-0.15, -0.1) is 0 Å². The number of hydrogen-bond acceptors (Lipinski definition) is 5. The molecule has 0 amide bonds. The second-order valence-corrected chi connectivity index (χ2v) is 12.8. The summed E-state index contributed by atoms with van der Waals surface area (Å²) in [6.45, 7) is 0. The summed E-state index contributed by atoms with van der Waals surface area (Å²) in [5.74, 6) is 1.74. The molecule has 4 aromatic heterocycles. The lowest BCUT2D eigenvalue weighted by Gasteiger charge is -2.15. The monoisotopic (exact) mass is 654 g/mol. The van der Waals surface area contributed by atoms with Crippen LogP contribution in [0, 0.1) is 0 Å². The summed E-state index contributed by atoms with van der Waals surface area (Å²) < 4.78 is 15.2. The Labute approximate surface area is 290 Å². The van der Waals surface area contributed by atoms with Crippen molar-refractivity contribution in [3.63, 3.8) is 0 Å². The summed E-state index contributed by atoms with van der Waals surface area (Å²) >= 11 is 0. The van der Waals surface area contributed by atoms with Crippen LogP contribution in [-0.2, 0) is 0 Å². The third kappa shape index (κ3) is 4.14. The molecule has 51 heavy (non-hydrogen) atoms. The molecule has 0 radical (unpaired) electrons. The van der Waals surface area contributed by atoms with Crippen molar-refractivity contribution in [2.24, 2.45) is 0 Å². The molecule has 0 unspecified atom stereocenters. The number of nitrogens with zero attached hydrogens (tertiary/aromatic N) is 4. The Kier molecular flexibility index (Phi) is 5.86. The Morgan fingerprint density at radius 1 is 0.392 bits per heavy atom. The number of fused-ring (bicyclic) bond motifs is 10. The molecule has 0 fully saturated rings. The minimum atomic E-state index is 0.571. The largest absolute Gasteiger partial charge is 0.456 e. The highest BCUT2D eigenvalue weighted by Gasteiger charge is 2.23. The van der Waals surface area contributed by atoms with Crippen LogP contribution in [-0.4, -0.2) is 19.5 Å². The van der Waals surface area contributed by atoms with Gasteiger partial charge in [-0.3, -0.25) is 0 Å². The van der Waals surface area contributed by atoms with Crippen molar-refractivity contribution < 1.29 is 8.83 Å². The number of benzene rings is 7. The van der Waals surface area contributed by atoms with Crippen molar-refractivity contribution in [3.8, 4) is 39.9 Å². The summed E-state index contributed by atoms with van der Waals surface area (Å²) in [5, 5.41) is 6.43. The number of rotatable bonds is 4. The molecule has 11 aromatic rings. The molecule has 0 bridgehead atoms. The third-order valence-corrected chi connectivity index (χ3v) is 9.88. The minimum Gasteiger partial charge on any atom is -0.456 e. The fourth-order valence-electron chi connectivity index (χ4n) is 7.63. The normalized spacial score (nSPS) is 11.9. The van der Waals surface area contributed by atoms with E-state index >= 15 is 0 Å². The van der Waals surface area contributed by atoms with Crippen LogP contribution in [0.15, 0.2) is 167 Å². The Morgan fingerprint density at radius 2 is 1.00 bits per heavy atom. The summed E-state index contributed by atoms with van der Waals surface area (Å²) in [7, 11) is 0. The molecule has 0 spiro atoms. The predicted octanol–water partition coefficient (Wildman–Crippen LogP) is 11.8. The zero-order valence-corrected chi connectivity index (χ0v) is 27.1. The van der Waals surface area contributed by atoms with Gasteiger partial charge >= 0.3 is 0 Å². The zero-order chi connectivity index (χ0) is 33.5. The van der Waals surface area contributed by atoms with E-state index in [4.69, 9.17) is 23.8 Å².